The fourth-order valence-corrected chi connectivity index (χ4v) is 4.50. The third kappa shape index (κ3) is 5.31. The molecule has 0 unspecified atom stereocenters. The van der Waals surface area contributed by atoms with Crippen molar-refractivity contribution in [3.05, 3.63) is 30.6 Å². The quantitative estimate of drug-likeness (QED) is 0.292. The molecule has 2 heterocycles. The van der Waals surface area contributed by atoms with Crippen LogP contribution < -0.4 is 13.4 Å². The van der Waals surface area contributed by atoms with Crippen LogP contribution in [0.3, 0.4) is 0 Å². The van der Waals surface area contributed by atoms with Crippen LogP contribution in [0.4, 0.5) is 0 Å². The molecule has 0 aliphatic carbocycles. The monoisotopic (exact) mass is 591 g/mol. The molecule has 2 aromatic heterocycles. The molecule has 0 fully saturated rings. The summed E-state index contributed by atoms with van der Waals surface area (Å²) in [5.41, 5.74) is 1.47. The van der Waals surface area contributed by atoms with E-state index in [4.69, 9.17) is 23.0 Å². The molecule has 0 radical (unpaired) electrons. The van der Waals surface area contributed by atoms with E-state index in [-0.39, 0.29) is 6.61 Å². The van der Waals surface area contributed by atoms with Gasteiger partial charge in [0.15, 0.2) is 0 Å². The minimum atomic E-state index is -0.967. The van der Waals surface area contributed by atoms with Crippen molar-refractivity contribution in [2.24, 2.45) is 0 Å². The number of nitrogens with zero attached hydrogens (tertiary/aromatic N) is 2. The summed E-state index contributed by atoms with van der Waals surface area (Å²) >= 11 is -0.967. The van der Waals surface area contributed by atoms with Crippen molar-refractivity contribution in [1.29, 1.82) is 0 Å². The fraction of sp³-hybridized carbons (Fsp3) is 0.286. The Kier molecular flexibility index (Phi) is 7.69. The van der Waals surface area contributed by atoms with Gasteiger partial charge in [-0.2, -0.15) is 0 Å². The predicted octanol–water partition coefficient (Wildman–Crippen LogP) is 3.03. The first kappa shape index (κ1) is 21.7. The average Bonchev–Trinajstić information content (AvgIpc) is 3.39. The molecule has 0 spiro atoms. The SMILES string of the molecule is CCOC(=O)C#[C][Pt][c]1c(-c2ncc(OCC)o2)cccc1-c1ncc(OCC)o1. The third-order valence-corrected chi connectivity index (χ3v) is 5.86. The van der Waals surface area contributed by atoms with Crippen molar-refractivity contribution in [3.63, 3.8) is 0 Å². The first-order valence-corrected chi connectivity index (χ1v) is 11.5. The maximum absolute atomic E-state index is 11.6. The molecular formula is C21H20N2O6Pt. The van der Waals surface area contributed by atoms with E-state index >= 15 is 0 Å². The zero-order chi connectivity index (χ0) is 21.3. The number of hydrogen-bond donors (Lipinski definition) is 0. The molecule has 8 nitrogen and oxygen atoms in total. The summed E-state index contributed by atoms with van der Waals surface area (Å²) in [6.07, 6.45) is 3.05. The summed E-state index contributed by atoms with van der Waals surface area (Å²) in [5, 5.41) is 0. The van der Waals surface area contributed by atoms with Gasteiger partial charge in [-0.05, 0) is 0 Å². The van der Waals surface area contributed by atoms with Crippen molar-refractivity contribution in [3.8, 4) is 45.0 Å². The van der Waals surface area contributed by atoms with Crippen LogP contribution in [-0.4, -0.2) is 35.8 Å². The van der Waals surface area contributed by atoms with E-state index in [2.05, 4.69) is 20.2 Å². The molecule has 0 aliphatic heterocycles. The van der Waals surface area contributed by atoms with Gasteiger partial charge in [-0.1, -0.05) is 0 Å². The number of hydrogen-bond acceptors (Lipinski definition) is 8. The van der Waals surface area contributed by atoms with Gasteiger partial charge in [-0.25, -0.2) is 0 Å². The molecule has 0 N–H and O–H groups in total. The number of oxazole rings is 2. The van der Waals surface area contributed by atoms with Crippen LogP contribution in [0.2, 0.25) is 0 Å². The van der Waals surface area contributed by atoms with Gasteiger partial charge in [0, 0.05) is 0 Å². The Morgan fingerprint density at radius 1 is 0.967 bits per heavy atom. The van der Waals surface area contributed by atoms with Crippen molar-refractivity contribution < 1.29 is 46.4 Å². The van der Waals surface area contributed by atoms with Crippen LogP contribution in [-0.2, 0) is 28.1 Å². The summed E-state index contributed by atoms with van der Waals surface area (Å²) in [6, 6.07) is 5.60. The molecule has 0 aliphatic rings. The molecule has 30 heavy (non-hydrogen) atoms. The second kappa shape index (κ2) is 10.7. The number of rotatable bonds is 8. The van der Waals surface area contributed by atoms with Gasteiger partial charge in [-0.15, -0.1) is 0 Å². The van der Waals surface area contributed by atoms with Crippen LogP contribution in [0, 0.1) is 10.2 Å². The average molecular weight is 591 g/mol. The topological polar surface area (TPSA) is 96.8 Å². The second-order valence-corrected chi connectivity index (χ2v) is 7.75. The van der Waals surface area contributed by atoms with Gasteiger partial charge >= 0.3 is 183 Å². The van der Waals surface area contributed by atoms with Crippen molar-refractivity contribution in [1.82, 2.24) is 9.97 Å². The Morgan fingerprint density at radius 3 is 2.03 bits per heavy atom. The molecule has 9 heteroatoms. The molecule has 1 aromatic carbocycles. The Hall–Kier alpha value is -3.04. The standard InChI is InChI=1S/C16H15N2O4.C5H5O2.Pt/c1-3-19-13-9-17-15(21-13)11-6-5-7-12(8-11)16-18-10-14(22-16)20-4-2;1-3-5(6)7-4-2;/h5-7,9-10H,3-4H2,1-2H3;4H2,2H3;. The van der Waals surface area contributed by atoms with Crippen molar-refractivity contribution >= 4 is 9.92 Å². The molecule has 0 atom stereocenters. The summed E-state index contributed by atoms with van der Waals surface area (Å²) in [7, 11) is 0. The summed E-state index contributed by atoms with van der Waals surface area (Å²) in [4.78, 5) is 20.3. The molecule has 0 bridgehead atoms. The molecule has 0 amide bonds. The maximum atomic E-state index is 11.6. The van der Waals surface area contributed by atoms with Crippen LogP contribution in [0.25, 0.3) is 22.9 Å². The van der Waals surface area contributed by atoms with Crippen LogP contribution in [0.1, 0.15) is 20.8 Å². The molecule has 0 saturated carbocycles. The van der Waals surface area contributed by atoms with E-state index in [0.717, 1.165) is 15.1 Å². The number of carbonyl (C=O) groups excluding carboxylic acids is 1. The van der Waals surface area contributed by atoms with E-state index in [1.54, 1.807) is 6.92 Å². The number of esters is 1. The number of carbonyl (C=O) groups is 1. The fourth-order valence-electron chi connectivity index (χ4n) is 2.37. The third-order valence-electron chi connectivity index (χ3n) is 3.50. The van der Waals surface area contributed by atoms with Gasteiger partial charge in [0.1, 0.15) is 0 Å². The Balaban J connectivity index is 2.03. The summed E-state index contributed by atoms with van der Waals surface area (Å²) in [5.74, 6) is 3.42. The van der Waals surface area contributed by atoms with Crippen LogP contribution in [0.15, 0.2) is 39.4 Å². The van der Waals surface area contributed by atoms with Gasteiger partial charge < -0.3 is 0 Å². The van der Waals surface area contributed by atoms with E-state index in [0.29, 0.717) is 36.9 Å². The Bertz CT molecular complexity index is 1000. The van der Waals surface area contributed by atoms with Gasteiger partial charge in [-0.3, -0.25) is 0 Å². The molecule has 3 aromatic rings. The van der Waals surface area contributed by atoms with Crippen molar-refractivity contribution in [2.45, 2.75) is 20.8 Å². The van der Waals surface area contributed by atoms with Gasteiger partial charge in [0.05, 0.1) is 0 Å². The molecular weight excluding hydrogens is 571 g/mol. The van der Waals surface area contributed by atoms with E-state index in [1.165, 1.54) is 12.4 Å². The predicted molar refractivity (Wildman–Crippen MR) is 104 cm³/mol. The number of benzene rings is 1. The van der Waals surface area contributed by atoms with E-state index < -0.39 is 24.5 Å². The number of ether oxygens (including phenoxy) is 3. The Labute approximate surface area is 182 Å². The summed E-state index contributed by atoms with van der Waals surface area (Å²) < 4.78 is 30.9. The first-order valence-electron chi connectivity index (χ1n) is 9.22. The molecule has 160 valence electrons. The zero-order valence-electron chi connectivity index (χ0n) is 16.7. The zero-order valence-corrected chi connectivity index (χ0v) is 18.9. The van der Waals surface area contributed by atoms with E-state index in [9.17, 15) is 4.79 Å². The number of aromatic nitrogens is 2. The van der Waals surface area contributed by atoms with E-state index in [1.807, 2.05) is 32.0 Å². The normalized spacial score (nSPS) is 10.4. The van der Waals surface area contributed by atoms with Crippen LogP contribution >= 0.6 is 0 Å². The molecule has 0 saturated heterocycles. The van der Waals surface area contributed by atoms with Gasteiger partial charge in [0.2, 0.25) is 0 Å². The minimum absolute atomic E-state index is 0.279. The Morgan fingerprint density at radius 2 is 1.53 bits per heavy atom. The summed E-state index contributed by atoms with van der Waals surface area (Å²) in [6.45, 7) is 6.68. The second-order valence-electron chi connectivity index (χ2n) is 5.47. The van der Waals surface area contributed by atoms with Crippen LogP contribution in [0.5, 0.6) is 11.9 Å². The first-order chi connectivity index (χ1) is 14.7. The molecule has 3 rings (SSSR count). The van der Waals surface area contributed by atoms with Crippen molar-refractivity contribution in [2.75, 3.05) is 19.8 Å². The van der Waals surface area contributed by atoms with Gasteiger partial charge in [0.25, 0.3) is 0 Å².